The number of carbonyl (C=O) groups is 1. The molecule has 4 rings (SSSR count). The van der Waals surface area contributed by atoms with Crippen LogP contribution in [0.2, 0.25) is 0 Å². The van der Waals surface area contributed by atoms with Gasteiger partial charge in [0.15, 0.2) is 0 Å². The Bertz CT molecular complexity index is 965. The van der Waals surface area contributed by atoms with Crippen molar-refractivity contribution in [2.24, 2.45) is 0 Å². The van der Waals surface area contributed by atoms with Crippen LogP contribution in [0.25, 0.3) is 0 Å². The standard InChI is InChI=1S/C24H28N4OS/c1-3-19-17-20(24(30-19)26-23(29)18-9-5-4-6-10-18)22(21-11-7-8-12-25-21)28-15-13-27(2)14-16-28/h4-12,17,22H,3,13-16H2,1-2H3,(H,26,29)/t22-/m0/s1. The van der Waals surface area contributed by atoms with Gasteiger partial charge in [-0.3, -0.25) is 14.7 Å². The van der Waals surface area contributed by atoms with Crippen molar-refractivity contribution in [3.8, 4) is 0 Å². The normalized spacial score (nSPS) is 16.3. The van der Waals surface area contributed by atoms with Crippen LogP contribution in [0.15, 0.2) is 60.8 Å². The number of thiophene rings is 1. The van der Waals surface area contributed by atoms with Crippen molar-refractivity contribution in [2.75, 3.05) is 38.5 Å². The molecule has 0 spiro atoms. The van der Waals surface area contributed by atoms with E-state index in [9.17, 15) is 4.79 Å². The summed E-state index contributed by atoms with van der Waals surface area (Å²) in [5.41, 5.74) is 2.84. The minimum atomic E-state index is -0.0699. The Kier molecular flexibility index (Phi) is 6.57. The molecule has 1 fully saturated rings. The van der Waals surface area contributed by atoms with E-state index in [0.717, 1.165) is 48.9 Å². The fourth-order valence-corrected chi connectivity index (χ4v) is 4.88. The highest BCUT2D eigenvalue weighted by molar-refractivity contribution is 7.16. The fraction of sp³-hybridized carbons (Fsp3) is 0.333. The van der Waals surface area contributed by atoms with Crippen LogP contribution < -0.4 is 5.32 Å². The van der Waals surface area contributed by atoms with Crippen LogP contribution in [0.4, 0.5) is 5.00 Å². The number of aryl methyl sites for hydroxylation is 1. The zero-order valence-corrected chi connectivity index (χ0v) is 18.4. The maximum Gasteiger partial charge on any atom is 0.256 e. The van der Waals surface area contributed by atoms with Crippen LogP contribution in [0.5, 0.6) is 0 Å². The number of likely N-dealkylation sites (N-methyl/N-ethyl adjacent to an activating group) is 1. The van der Waals surface area contributed by atoms with Crippen LogP contribution in [-0.4, -0.2) is 53.9 Å². The Morgan fingerprint density at radius 2 is 1.83 bits per heavy atom. The SMILES string of the molecule is CCc1cc([C@@H](c2ccccn2)N2CCN(C)CC2)c(NC(=O)c2ccccc2)s1. The lowest BCUT2D eigenvalue weighted by atomic mass is 10.0. The van der Waals surface area contributed by atoms with Gasteiger partial charge in [0.1, 0.15) is 5.00 Å². The number of nitrogens with one attached hydrogen (secondary N) is 1. The Balaban J connectivity index is 1.71. The maximum atomic E-state index is 12.9. The van der Waals surface area contributed by atoms with Crippen LogP contribution in [0, 0.1) is 0 Å². The van der Waals surface area contributed by atoms with Gasteiger partial charge in [-0.25, -0.2) is 0 Å². The van der Waals surface area contributed by atoms with Gasteiger partial charge in [0, 0.05) is 48.4 Å². The van der Waals surface area contributed by atoms with E-state index in [1.54, 1.807) is 11.3 Å². The monoisotopic (exact) mass is 420 g/mol. The molecule has 1 amide bonds. The highest BCUT2D eigenvalue weighted by atomic mass is 32.1. The number of benzene rings is 1. The van der Waals surface area contributed by atoms with E-state index in [1.165, 1.54) is 4.88 Å². The molecule has 1 aliphatic heterocycles. The molecule has 1 N–H and O–H groups in total. The molecule has 0 bridgehead atoms. The van der Waals surface area contributed by atoms with Gasteiger partial charge in [0.05, 0.1) is 11.7 Å². The van der Waals surface area contributed by atoms with Crippen molar-refractivity contribution in [3.63, 3.8) is 0 Å². The zero-order chi connectivity index (χ0) is 20.9. The number of amides is 1. The van der Waals surface area contributed by atoms with E-state index in [4.69, 9.17) is 4.98 Å². The number of pyridine rings is 1. The molecule has 5 nitrogen and oxygen atoms in total. The second kappa shape index (κ2) is 9.51. The first-order valence-electron chi connectivity index (χ1n) is 10.5. The molecule has 1 aliphatic rings. The molecule has 3 aromatic rings. The summed E-state index contributed by atoms with van der Waals surface area (Å²) in [5, 5.41) is 4.12. The maximum absolute atomic E-state index is 12.9. The van der Waals surface area contributed by atoms with Crippen LogP contribution in [-0.2, 0) is 6.42 Å². The minimum Gasteiger partial charge on any atom is -0.313 e. The van der Waals surface area contributed by atoms with E-state index in [2.05, 4.69) is 41.2 Å². The van der Waals surface area contributed by atoms with Gasteiger partial charge in [0.2, 0.25) is 0 Å². The van der Waals surface area contributed by atoms with Crippen molar-refractivity contribution in [2.45, 2.75) is 19.4 Å². The van der Waals surface area contributed by atoms with Crippen LogP contribution >= 0.6 is 11.3 Å². The number of nitrogens with zero attached hydrogens (tertiary/aromatic N) is 3. The first-order chi connectivity index (χ1) is 14.7. The molecule has 3 heterocycles. The topological polar surface area (TPSA) is 48.5 Å². The fourth-order valence-electron chi connectivity index (χ4n) is 3.86. The first kappa shape index (κ1) is 20.7. The largest absolute Gasteiger partial charge is 0.313 e. The molecule has 0 radical (unpaired) electrons. The predicted molar refractivity (Wildman–Crippen MR) is 123 cm³/mol. The molecule has 0 unspecified atom stereocenters. The third-order valence-corrected chi connectivity index (χ3v) is 6.80. The minimum absolute atomic E-state index is 0.0301. The summed E-state index contributed by atoms with van der Waals surface area (Å²) in [4.78, 5) is 23.7. The number of piperazine rings is 1. The predicted octanol–water partition coefficient (Wildman–Crippen LogP) is 4.29. The summed E-state index contributed by atoms with van der Waals surface area (Å²) in [6.45, 7) is 6.16. The van der Waals surface area contributed by atoms with Gasteiger partial charge in [-0.15, -0.1) is 11.3 Å². The molecule has 1 atom stereocenters. The van der Waals surface area contributed by atoms with Crippen LogP contribution in [0.3, 0.4) is 0 Å². The van der Waals surface area contributed by atoms with E-state index >= 15 is 0 Å². The Morgan fingerprint density at radius 3 is 2.50 bits per heavy atom. The highest BCUT2D eigenvalue weighted by Gasteiger charge is 2.30. The molecule has 156 valence electrons. The average molecular weight is 421 g/mol. The number of hydrogen-bond acceptors (Lipinski definition) is 5. The second-order valence-electron chi connectivity index (χ2n) is 7.67. The molecule has 1 aromatic carbocycles. The Labute approximate surface area is 182 Å². The second-order valence-corrected chi connectivity index (χ2v) is 8.80. The lowest BCUT2D eigenvalue weighted by Crippen LogP contribution is -2.46. The Hall–Kier alpha value is -2.54. The van der Waals surface area contributed by atoms with Gasteiger partial charge in [-0.2, -0.15) is 0 Å². The smallest absolute Gasteiger partial charge is 0.256 e. The van der Waals surface area contributed by atoms with E-state index in [1.807, 2.05) is 48.7 Å². The van der Waals surface area contributed by atoms with E-state index in [0.29, 0.717) is 5.56 Å². The van der Waals surface area contributed by atoms with Gasteiger partial charge in [0.25, 0.3) is 5.91 Å². The van der Waals surface area contributed by atoms with Crippen molar-refractivity contribution < 1.29 is 4.79 Å². The van der Waals surface area contributed by atoms with E-state index < -0.39 is 0 Å². The molecular weight excluding hydrogens is 392 g/mol. The third-order valence-electron chi connectivity index (χ3n) is 5.59. The summed E-state index contributed by atoms with van der Waals surface area (Å²) in [6, 6.07) is 17.8. The summed E-state index contributed by atoms with van der Waals surface area (Å²) in [5.74, 6) is -0.0699. The zero-order valence-electron chi connectivity index (χ0n) is 17.5. The van der Waals surface area contributed by atoms with Crippen molar-refractivity contribution in [1.29, 1.82) is 0 Å². The quantitative estimate of drug-likeness (QED) is 0.646. The van der Waals surface area contributed by atoms with Gasteiger partial charge in [-0.05, 0) is 43.8 Å². The summed E-state index contributed by atoms with van der Waals surface area (Å²) >= 11 is 1.67. The number of hydrogen-bond donors (Lipinski definition) is 1. The Morgan fingerprint density at radius 1 is 1.10 bits per heavy atom. The molecular formula is C24H28N4OS. The van der Waals surface area contributed by atoms with E-state index in [-0.39, 0.29) is 11.9 Å². The first-order valence-corrected chi connectivity index (χ1v) is 11.3. The molecule has 30 heavy (non-hydrogen) atoms. The number of anilines is 1. The highest BCUT2D eigenvalue weighted by Crippen LogP contribution is 2.39. The van der Waals surface area contributed by atoms with Gasteiger partial charge in [-0.1, -0.05) is 31.2 Å². The lowest BCUT2D eigenvalue weighted by Gasteiger charge is -2.38. The lowest BCUT2D eigenvalue weighted by molar-refractivity contribution is 0.102. The summed E-state index contributed by atoms with van der Waals surface area (Å²) in [6.07, 6.45) is 2.80. The third kappa shape index (κ3) is 4.61. The van der Waals surface area contributed by atoms with Crippen LogP contribution in [0.1, 0.15) is 39.5 Å². The summed E-state index contributed by atoms with van der Waals surface area (Å²) < 4.78 is 0. The van der Waals surface area contributed by atoms with Crippen molar-refractivity contribution in [1.82, 2.24) is 14.8 Å². The number of carbonyl (C=O) groups excluding carboxylic acids is 1. The summed E-state index contributed by atoms with van der Waals surface area (Å²) in [7, 11) is 2.17. The number of aromatic nitrogens is 1. The number of rotatable bonds is 6. The van der Waals surface area contributed by atoms with Crippen molar-refractivity contribution >= 4 is 22.2 Å². The molecule has 0 aliphatic carbocycles. The van der Waals surface area contributed by atoms with Gasteiger partial charge < -0.3 is 10.2 Å². The molecule has 0 saturated carbocycles. The van der Waals surface area contributed by atoms with Gasteiger partial charge >= 0.3 is 0 Å². The molecule has 1 saturated heterocycles. The molecule has 2 aromatic heterocycles. The van der Waals surface area contributed by atoms with Crippen molar-refractivity contribution in [3.05, 3.63) is 82.5 Å². The average Bonchev–Trinajstić information content (AvgIpc) is 3.19. The molecule has 6 heteroatoms.